The summed E-state index contributed by atoms with van der Waals surface area (Å²) in [6, 6.07) is 17.5. The van der Waals surface area contributed by atoms with Crippen molar-refractivity contribution in [3.63, 3.8) is 0 Å². The van der Waals surface area contributed by atoms with Crippen molar-refractivity contribution in [3.8, 4) is 22.8 Å². The molecule has 5 nitrogen and oxygen atoms in total. The van der Waals surface area contributed by atoms with Crippen molar-refractivity contribution >= 4 is 0 Å². The first-order chi connectivity index (χ1) is 12.3. The maximum absolute atomic E-state index is 5.71. The topological polar surface area (TPSA) is 56.5 Å². The summed E-state index contributed by atoms with van der Waals surface area (Å²) in [5.41, 5.74) is 2.97. The number of nitrogens with zero attached hydrogens (tertiary/aromatic N) is 1. The third kappa shape index (κ3) is 4.39. The fourth-order valence-electron chi connectivity index (χ4n) is 2.51. The summed E-state index contributed by atoms with van der Waals surface area (Å²) in [5, 5.41) is 7.19. The molecule has 0 aliphatic carbocycles. The second kappa shape index (κ2) is 8.35. The van der Waals surface area contributed by atoms with E-state index in [1.807, 2.05) is 68.6 Å². The van der Waals surface area contributed by atoms with Crippen LogP contribution in [0.1, 0.15) is 11.3 Å². The summed E-state index contributed by atoms with van der Waals surface area (Å²) in [5.74, 6) is 2.44. The first-order valence-corrected chi connectivity index (χ1v) is 8.29. The summed E-state index contributed by atoms with van der Waals surface area (Å²) in [4.78, 5) is 0. The number of hydrogen-bond acceptors (Lipinski definition) is 5. The van der Waals surface area contributed by atoms with Crippen LogP contribution in [0.4, 0.5) is 0 Å². The van der Waals surface area contributed by atoms with E-state index in [2.05, 4.69) is 10.5 Å². The van der Waals surface area contributed by atoms with Gasteiger partial charge >= 0.3 is 0 Å². The molecule has 0 spiro atoms. The fourth-order valence-corrected chi connectivity index (χ4v) is 2.51. The summed E-state index contributed by atoms with van der Waals surface area (Å²) in [6.45, 7) is 3.70. The zero-order valence-electron chi connectivity index (χ0n) is 14.5. The number of rotatable bonds is 8. The Morgan fingerprint density at radius 2 is 1.56 bits per heavy atom. The van der Waals surface area contributed by atoms with E-state index in [0.29, 0.717) is 19.8 Å². The summed E-state index contributed by atoms with van der Waals surface area (Å²) in [6.07, 6.45) is 0. The number of ether oxygens (including phenoxy) is 2. The largest absolute Gasteiger partial charge is 0.490 e. The maximum atomic E-state index is 5.71. The predicted octanol–water partition coefficient (Wildman–Crippen LogP) is 3.83. The highest BCUT2D eigenvalue weighted by Crippen LogP contribution is 2.27. The van der Waals surface area contributed by atoms with Gasteiger partial charge in [-0.15, -0.1) is 0 Å². The Hall–Kier alpha value is -2.79. The number of para-hydroxylation sites is 1. The number of hydrogen-bond donors (Lipinski definition) is 1. The van der Waals surface area contributed by atoms with Gasteiger partial charge in [0, 0.05) is 17.7 Å². The lowest BCUT2D eigenvalue weighted by Crippen LogP contribution is -2.08. The van der Waals surface area contributed by atoms with Gasteiger partial charge < -0.3 is 19.3 Å². The summed E-state index contributed by atoms with van der Waals surface area (Å²) >= 11 is 0. The van der Waals surface area contributed by atoms with Crippen molar-refractivity contribution in [2.75, 3.05) is 20.3 Å². The van der Waals surface area contributed by atoms with Crippen LogP contribution in [0.15, 0.2) is 59.1 Å². The molecule has 0 aliphatic heterocycles. The molecule has 0 aliphatic rings. The fraction of sp³-hybridized carbons (Fsp3) is 0.250. The van der Waals surface area contributed by atoms with Gasteiger partial charge in [0.1, 0.15) is 30.4 Å². The van der Waals surface area contributed by atoms with Crippen molar-refractivity contribution in [2.24, 2.45) is 0 Å². The van der Waals surface area contributed by atoms with Gasteiger partial charge in [-0.1, -0.05) is 23.4 Å². The lowest BCUT2D eigenvalue weighted by atomic mass is 10.1. The molecular weight excluding hydrogens is 316 g/mol. The van der Waals surface area contributed by atoms with E-state index in [0.717, 1.165) is 34.1 Å². The first kappa shape index (κ1) is 17.0. The van der Waals surface area contributed by atoms with Gasteiger partial charge in [0.2, 0.25) is 0 Å². The Bertz CT molecular complexity index is 782. The van der Waals surface area contributed by atoms with Gasteiger partial charge in [-0.25, -0.2) is 0 Å². The van der Waals surface area contributed by atoms with Gasteiger partial charge in [0.05, 0.1) is 0 Å². The van der Waals surface area contributed by atoms with E-state index in [-0.39, 0.29) is 0 Å². The van der Waals surface area contributed by atoms with Crippen LogP contribution >= 0.6 is 0 Å². The summed E-state index contributed by atoms with van der Waals surface area (Å²) < 4.78 is 16.8. The molecule has 1 aromatic heterocycles. The minimum atomic E-state index is 0.488. The zero-order chi connectivity index (χ0) is 17.5. The lowest BCUT2D eigenvalue weighted by molar-refractivity contribution is 0.217. The molecule has 0 unspecified atom stereocenters. The zero-order valence-corrected chi connectivity index (χ0v) is 14.5. The van der Waals surface area contributed by atoms with Crippen LogP contribution in [-0.2, 0) is 6.54 Å². The van der Waals surface area contributed by atoms with E-state index in [1.165, 1.54) is 0 Å². The normalized spacial score (nSPS) is 10.6. The Balaban J connectivity index is 1.54. The van der Waals surface area contributed by atoms with Gasteiger partial charge in [0.25, 0.3) is 0 Å². The molecule has 2 aromatic carbocycles. The molecule has 0 amide bonds. The van der Waals surface area contributed by atoms with Gasteiger partial charge in [-0.05, 0) is 50.4 Å². The average molecular weight is 338 g/mol. The monoisotopic (exact) mass is 338 g/mol. The van der Waals surface area contributed by atoms with Gasteiger partial charge in [0.15, 0.2) is 5.76 Å². The Labute approximate surface area is 147 Å². The molecule has 1 heterocycles. The second-order valence-electron chi connectivity index (χ2n) is 5.65. The third-order valence-corrected chi connectivity index (χ3v) is 3.85. The molecule has 25 heavy (non-hydrogen) atoms. The average Bonchev–Trinajstić information content (AvgIpc) is 3.01. The van der Waals surface area contributed by atoms with E-state index >= 15 is 0 Å². The quantitative estimate of drug-likeness (QED) is 0.633. The molecule has 3 aromatic rings. The van der Waals surface area contributed by atoms with Crippen LogP contribution < -0.4 is 14.8 Å². The van der Waals surface area contributed by atoms with Crippen LogP contribution in [0.3, 0.4) is 0 Å². The second-order valence-corrected chi connectivity index (χ2v) is 5.65. The highest BCUT2D eigenvalue weighted by molar-refractivity contribution is 5.62. The smallest absolute Gasteiger partial charge is 0.170 e. The molecule has 130 valence electrons. The molecule has 0 radical (unpaired) electrons. The number of benzene rings is 2. The molecule has 0 fully saturated rings. The van der Waals surface area contributed by atoms with Crippen LogP contribution in [0, 0.1) is 6.92 Å². The molecule has 0 atom stereocenters. The summed E-state index contributed by atoms with van der Waals surface area (Å²) in [7, 11) is 1.89. The Kier molecular flexibility index (Phi) is 5.69. The van der Waals surface area contributed by atoms with Gasteiger partial charge in [-0.2, -0.15) is 0 Å². The van der Waals surface area contributed by atoms with E-state index in [1.54, 1.807) is 0 Å². The van der Waals surface area contributed by atoms with Crippen LogP contribution in [0.25, 0.3) is 11.3 Å². The van der Waals surface area contributed by atoms with E-state index in [4.69, 9.17) is 14.0 Å². The van der Waals surface area contributed by atoms with Crippen molar-refractivity contribution in [3.05, 3.63) is 65.9 Å². The van der Waals surface area contributed by atoms with Crippen molar-refractivity contribution < 1.29 is 14.0 Å². The number of aromatic nitrogens is 1. The molecule has 0 saturated carbocycles. The first-order valence-electron chi connectivity index (χ1n) is 8.29. The van der Waals surface area contributed by atoms with Crippen molar-refractivity contribution in [1.82, 2.24) is 10.5 Å². The predicted molar refractivity (Wildman–Crippen MR) is 96.9 cm³/mol. The Morgan fingerprint density at radius 1 is 0.920 bits per heavy atom. The molecule has 0 saturated heterocycles. The molecular formula is C20H22N2O3. The third-order valence-electron chi connectivity index (χ3n) is 3.85. The van der Waals surface area contributed by atoms with E-state index < -0.39 is 0 Å². The number of nitrogens with one attached hydrogen (secondary N) is 1. The van der Waals surface area contributed by atoms with E-state index in [9.17, 15) is 0 Å². The standard InChI is InChI=1S/C20H22N2O3/c1-15-19(14-21-2)22-25-20(15)16-8-10-18(11-9-16)24-13-12-23-17-6-4-3-5-7-17/h3-11,21H,12-14H2,1-2H3. The minimum Gasteiger partial charge on any atom is -0.490 e. The van der Waals surface area contributed by atoms with Crippen LogP contribution in [0.2, 0.25) is 0 Å². The molecule has 0 bridgehead atoms. The SMILES string of the molecule is CNCc1noc(-c2ccc(OCCOc3ccccc3)cc2)c1C. The minimum absolute atomic E-state index is 0.488. The van der Waals surface area contributed by atoms with Crippen LogP contribution in [-0.4, -0.2) is 25.4 Å². The molecule has 1 N–H and O–H groups in total. The molecule has 3 rings (SSSR count). The molecule has 5 heteroatoms. The Morgan fingerprint density at radius 3 is 2.20 bits per heavy atom. The van der Waals surface area contributed by atoms with Crippen molar-refractivity contribution in [1.29, 1.82) is 0 Å². The maximum Gasteiger partial charge on any atom is 0.170 e. The van der Waals surface area contributed by atoms with Gasteiger partial charge in [-0.3, -0.25) is 0 Å². The highest BCUT2D eigenvalue weighted by atomic mass is 16.5. The van der Waals surface area contributed by atoms with Crippen LogP contribution in [0.5, 0.6) is 11.5 Å². The van der Waals surface area contributed by atoms with Crippen molar-refractivity contribution in [2.45, 2.75) is 13.5 Å². The highest BCUT2D eigenvalue weighted by Gasteiger charge is 2.13. The lowest BCUT2D eigenvalue weighted by Gasteiger charge is -2.08.